The molecule has 0 fully saturated rings. The Morgan fingerprint density at radius 2 is 0.489 bits per heavy atom. The Kier molecular flexibility index (Phi) is 10.9. The molecule has 236 valence electrons. The number of aryl methyl sites for hydroxylation is 6. The van der Waals surface area contributed by atoms with Gasteiger partial charge in [0.2, 0.25) is 0 Å². The van der Waals surface area contributed by atoms with Crippen molar-refractivity contribution < 1.29 is 0 Å². The van der Waals surface area contributed by atoms with E-state index in [2.05, 4.69) is 187 Å². The third-order valence-corrected chi connectivity index (χ3v) is 18.4. The van der Waals surface area contributed by atoms with Crippen molar-refractivity contribution in [3.63, 3.8) is 0 Å². The number of hydrogen-bond donors (Lipinski definition) is 0. The van der Waals surface area contributed by atoms with Gasteiger partial charge < -0.3 is 0 Å². The quantitative estimate of drug-likeness (QED) is 0.128. The average molecular weight is 667 g/mol. The van der Waals surface area contributed by atoms with Crippen LogP contribution < -0.4 is 31.8 Å². The molecule has 0 aliphatic carbocycles. The first-order valence-electron chi connectivity index (χ1n) is 16.5. The molecule has 47 heavy (non-hydrogen) atoms. The topological polar surface area (TPSA) is 0 Å². The summed E-state index contributed by atoms with van der Waals surface area (Å²) in [7, 11) is -2.08. The van der Waals surface area contributed by atoms with E-state index in [1.54, 1.807) is 0 Å². The molecule has 0 N–H and O–H groups in total. The van der Waals surface area contributed by atoms with E-state index >= 15 is 0 Å². The summed E-state index contributed by atoms with van der Waals surface area (Å²) in [6.07, 6.45) is 1.11. The van der Waals surface area contributed by atoms with Gasteiger partial charge in [-0.05, 0) is 103 Å². The van der Waals surface area contributed by atoms with E-state index in [9.17, 15) is 0 Å². The molecular weight excluding hydrogens is 621 g/mol. The lowest BCUT2D eigenvalue weighted by atomic mass is 10.2. The Hall–Kier alpha value is -3.39. The van der Waals surface area contributed by atoms with Crippen LogP contribution in [0.15, 0.2) is 146 Å². The Labute approximate surface area is 286 Å². The Bertz CT molecular complexity index is 1640. The first kappa shape index (κ1) is 33.5. The van der Waals surface area contributed by atoms with Crippen LogP contribution in [-0.2, 0) is 0 Å². The fourth-order valence-electron chi connectivity index (χ4n) is 6.06. The van der Waals surface area contributed by atoms with Crippen molar-refractivity contribution in [2.75, 3.05) is 6.16 Å². The Morgan fingerprint density at radius 3 is 0.702 bits per heavy atom. The minimum Gasteiger partial charge on any atom is -0.0587 e. The van der Waals surface area contributed by atoms with Crippen LogP contribution >= 0.6 is 23.8 Å². The monoisotopic (exact) mass is 666 g/mol. The molecule has 0 nitrogen and oxygen atoms in total. The summed E-state index contributed by atoms with van der Waals surface area (Å²) in [5, 5.41) is 9.20. The van der Waals surface area contributed by atoms with Gasteiger partial charge in [-0.3, -0.25) is 0 Å². The maximum atomic E-state index is 2.42. The highest BCUT2D eigenvalue weighted by Crippen LogP contribution is 2.60. The van der Waals surface area contributed by atoms with Crippen molar-refractivity contribution in [2.24, 2.45) is 0 Å². The SMILES string of the molecule is Cc1ccc(P(CC(P(c2ccc(C)cc2)c2ccc(C)cc2)P(c2ccc(C)cc2)c2ccc(C)cc2)c2ccc(C)cc2)cc1. The van der Waals surface area contributed by atoms with Gasteiger partial charge >= 0.3 is 0 Å². The molecule has 0 amide bonds. The van der Waals surface area contributed by atoms with E-state index in [0.717, 1.165) is 6.16 Å². The largest absolute Gasteiger partial charge is 0.0587 e. The molecule has 0 heterocycles. The Balaban J connectivity index is 1.62. The second-order valence-corrected chi connectivity index (χ2v) is 20.3. The van der Waals surface area contributed by atoms with Crippen LogP contribution in [0.2, 0.25) is 0 Å². The van der Waals surface area contributed by atoms with Gasteiger partial charge in [0.05, 0.1) is 0 Å². The van der Waals surface area contributed by atoms with Gasteiger partial charge in [-0.15, -0.1) is 0 Å². The van der Waals surface area contributed by atoms with Gasteiger partial charge in [-0.2, -0.15) is 0 Å². The highest BCUT2D eigenvalue weighted by Gasteiger charge is 2.36. The second kappa shape index (κ2) is 15.2. The van der Waals surface area contributed by atoms with E-state index in [1.165, 1.54) is 65.2 Å². The van der Waals surface area contributed by atoms with Gasteiger partial charge in [-0.25, -0.2) is 0 Å². The maximum absolute atomic E-state index is 2.42. The molecule has 0 aliphatic heterocycles. The summed E-state index contributed by atoms with van der Waals surface area (Å²) in [5.41, 5.74) is 7.87. The molecule has 0 aromatic heterocycles. The summed E-state index contributed by atoms with van der Waals surface area (Å²) >= 11 is 0. The highest BCUT2D eigenvalue weighted by molar-refractivity contribution is 7.91. The molecule has 0 aliphatic rings. The molecule has 3 heteroatoms. The smallest absolute Gasteiger partial charge is 0.0200 e. The molecule has 6 rings (SSSR count). The predicted molar refractivity (Wildman–Crippen MR) is 214 cm³/mol. The van der Waals surface area contributed by atoms with Crippen molar-refractivity contribution in [3.8, 4) is 0 Å². The van der Waals surface area contributed by atoms with Crippen molar-refractivity contribution in [3.05, 3.63) is 179 Å². The molecule has 6 aromatic rings. The first-order chi connectivity index (χ1) is 22.7. The molecular formula is C44H45P3. The minimum absolute atomic E-state index is 0.407. The number of hydrogen-bond acceptors (Lipinski definition) is 0. The van der Waals surface area contributed by atoms with Crippen LogP contribution in [0.5, 0.6) is 0 Å². The summed E-state index contributed by atoms with van der Waals surface area (Å²) in [4.78, 5) is 0. The lowest BCUT2D eigenvalue weighted by molar-refractivity contribution is 1.38. The fourth-order valence-corrected chi connectivity index (χ4v) is 16.8. The zero-order chi connectivity index (χ0) is 32.9. The Morgan fingerprint density at radius 1 is 0.298 bits per heavy atom. The van der Waals surface area contributed by atoms with Gasteiger partial charge in [0, 0.05) is 5.40 Å². The van der Waals surface area contributed by atoms with Crippen molar-refractivity contribution in [2.45, 2.75) is 46.9 Å². The molecule has 0 bridgehead atoms. The van der Waals surface area contributed by atoms with Gasteiger partial charge in [0.1, 0.15) is 0 Å². The lowest BCUT2D eigenvalue weighted by Crippen LogP contribution is -2.32. The van der Waals surface area contributed by atoms with Gasteiger partial charge in [0.15, 0.2) is 0 Å². The van der Waals surface area contributed by atoms with Crippen LogP contribution in [0, 0.1) is 41.5 Å². The number of rotatable bonds is 10. The van der Waals surface area contributed by atoms with Crippen LogP contribution in [-0.4, -0.2) is 11.6 Å². The molecule has 0 spiro atoms. The van der Waals surface area contributed by atoms with Crippen molar-refractivity contribution in [1.82, 2.24) is 0 Å². The highest BCUT2D eigenvalue weighted by atomic mass is 31.2. The molecule has 0 unspecified atom stereocenters. The zero-order valence-corrected chi connectivity index (χ0v) is 31.2. The molecule has 0 atom stereocenters. The van der Waals surface area contributed by atoms with Gasteiger partial charge in [-0.1, -0.05) is 179 Å². The van der Waals surface area contributed by atoms with Crippen LogP contribution in [0.1, 0.15) is 33.4 Å². The van der Waals surface area contributed by atoms with Crippen molar-refractivity contribution in [1.29, 1.82) is 0 Å². The molecule has 0 saturated carbocycles. The van der Waals surface area contributed by atoms with Crippen molar-refractivity contribution >= 4 is 55.6 Å². The third kappa shape index (κ3) is 8.19. The average Bonchev–Trinajstić information content (AvgIpc) is 3.08. The minimum atomic E-state index is -0.722. The van der Waals surface area contributed by atoms with E-state index in [4.69, 9.17) is 0 Å². The lowest BCUT2D eigenvalue weighted by Gasteiger charge is -2.38. The fraction of sp³-hybridized carbons (Fsp3) is 0.182. The van der Waals surface area contributed by atoms with E-state index in [-0.39, 0.29) is 0 Å². The van der Waals surface area contributed by atoms with E-state index < -0.39 is 23.8 Å². The zero-order valence-electron chi connectivity index (χ0n) is 28.5. The standard InChI is InChI=1S/C44H45P3/c1-32-7-19-38(20-8-32)45(39-21-9-33(2)10-22-39)31-44(46(40-23-11-34(3)12-24-40)41-25-13-35(4)14-26-41)47(42-27-15-36(5)16-28-42)43-29-17-37(6)18-30-43/h7-30,44H,31H2,1-6H3. The van der Waals surface area contributed by atoms with E-state index in [1.807, 2.05) is 0 Å². The normalized spacial score (nSPS) is 11.6. The summed E-state index contributed by atoms with van der Waals surface area (Å²) in [6, 6.07) is 56.7. The molecule has 0 radical (unpaired) electrons. The summed E-state index contributed by atoms with van der Waals surface area (Å²) < 4.78 is 0. The molecule has 0 saturated heterocycles. The van der Waals surface area contributed by atoms with Crippen LogP contribution in [0.25, 0.3) is 0 Å². The van der Waals surface area contributed by atoms with Crippen LogP contribution in [0.4, 0.5) is 0 Å². The maximum Gasteiger partial charge on any atom is 0.0200 e. The summed E-state index contributed by atoms with van der Waals surface area (Å²) in [5.74, 6) is 0. The second-order valence-electron chi connectivity index (χ2n) is 12.8. The predicted octanol–water partition coefficient (Wildman–Crippen LogP) is 9.56. The number of benzene rings is 6. The van der Waals surface area contributed by atoms with Crippen LogP contribution in [0.3, 0.4) is 0 Å². The van der Waals surface area contributed by atoms with Gasteiger partial charge in [0.25, 0.3) is 0 Å². The first-order valence-corrected chi connectivity index (χ1v) is 20.9. The molecule has 6 aromatic carbocycles. The summed E-state index contributed by atoms with van der Waals surface area (Å²) in [6.45, 7) is 13.2. The third-order valence-electron chi connectivity index (χ3n) is 8.88. The van der Waals surface area contributed by atoms with E-state index in [0.29, 0.717) is 5.40 Å².